The lowest BCUT2D eigenvalue weighted by molar-refractivity contribution is -0.123. The first-order valence-corrected chi connectivity index (χ1v) is 12.4. The number of aromatic nitrogens is 3. The maximum absolute atomic E-state index is 13.0. The molecule has 2 heterocycles. The highest BCUT2D eigenvalue weighted by atomic mass is 35.5. The summed E-state index contributed by atoms with van der Waals surface area (Å²) in [5.74, 6) is -1.34. The van der Waals surface area contributed by atoms with Crippen molar-refractivity contribution in [1.82, 2.24) is 25.6 Å². The van der Waals surface area contributed by atoms with Gasteiger partial charge in [0.15, 0.2) is 5.69 Å². The van der Waals surface area contributed by atoms with E-state index in [0.29, 0.717) is 15.7 Å². The van der Waals surface area contributed by atoms with Gasteiger partial charge in [-0.1, -0.05) is 47.1 Å². The minimum Gasteiger partial charge on any atom is -0.370 e. The molecular weight excluding hydrogens is 543 g/mol. The lowest BCUT2D eigenvalue weighted by Crippen LogP contribution is -2.33. The van der Waals surface area contributed by atoms with E-state index in [4.69, 9.17) is 16.3 Å². The predicted molar refractivity (Wildman–Crippen MR) is 135 cm³/mol. The molecule has 0 saturated heterocycles. The van der Waals surface area contributed by atoms with Crippen LogP contribution >= 0.6 is 22.9 Å². The number of alkyl halides is 3. The van der Waals surface area contributed by atoms with E-state index in [1.165, 1.54) is 40.3 Å². The molecule has 0 fully saturated rings. The standard InChI is InChI=1S/C25H21ClF3N5O3S/c26-21-11-10-19(38-21)12-30-24(36)22-20(14-37-13-16-4-2-1-3-5-16)34(33-32-22)18-8-6-17(7-9-18)23(35)31-15-25(27,28)29/h1-11H,12-15H2,(H,30,36)(H,31,35). The molecule has 0 aliphatic heterocycles. The summed E-state index contributed by atoms with van der Waals surface area (Å²) in [6, 6.07) is 18.7. The third-order valence-corrected chi connectivity index (χ3v) is 6.44. The van der Waals surface area contributed by atoms with E-state index in [1.54, 1.807) is 12.1 Å². The summed E-state index contributed by atoms with van der Waals surface area (Å²) in [6.45, 7) is -0.923. The monoisotopic (exact) mass is 563 g/mol. The van der Waals surface area contributed by atoms with Gasteiger partial charge < -0.3 is 15.4 Å². The maximum Gasteiger partial charge on any atom is 0.405 e. The minimum absolute atomic E-state index is 0.0106. The molecule has 2 aromatic carbocycles. The van der Waals surface area contributed by atoms with Crippen molar-refractivity contribution < 1.29 is 27.5 Å². The molecule has 0 radical (unpaired) electrons. The number of thiophene rings is 1. The highest BCUT2D eigenvalue weighted by Crippen LogP contribution is 2.22. The fourth-order valence-electron chi connectivity index (χ4n) is 3.39. The smallest absolute Gasteiger partial charge is 0.370 e. The SMILES string of the molecule is O=C(NCC(F)(F)F)c1ccc(-n2nnc(C(=O)NCc3ccc(Cl)s3)c2COCc2ccccc2)cc1. The first kappa shape index (κ1) is 27.3. The van der Waals surface area contributed by atoms with Gasteiger partial charge in [-0.2, -0.15) is 13.2 Å². The third kappa shape index (κ3) is 7.40. The summed E-state index contributed by atoms with van der Waals surface area (Å²) in [7, 11) is 0. The van der Waals surface area contributed by atoms with Crippen molar-refractivity contribution in [3.8, 4) is 5.69 Å². The Hall–Kier alpha value is -3.74. The third-order valence-electron chi connectivity index (χ3n) is 5.20. The maximum atomic E-state index is 13.0. The number of carbonyl (C=O) groups excluding carboxylic acids is 2. The number of ether oxygens (including phenoxy) is 1. The van der Waals surface area contributed by atoms with Crippen LogP contribution in [-0.4, -0.2) is 39.5 Å². The van der Waals surface area contributed by atoms with Crippen molar-refractivity contribution in [1.29, 1.82) is 0 Å². The van der Waals surface area contributed by atoms with Crippen molar-refractivity contribution >= 4 is 34.8 Å². The fourth-order valence-corrected chi connectivity index (χ4v) is 4.42. The molecule has 4 aromatic rings. The number of hydrogen-bond acceptors (Lipinski definition) is 6. The second kappa shape index (κ2) is 12.2. The molecule has 0 atom stereocenters. The van der Waals surface area contributed by atoms with Gasteiger partial charge in [-0.25, -0.2) is 4.68 Å². The van der Waals surface area contributed by atoms with Crippen molar-refractivity contribution in [3.05, 3.63) is 98.5 Å². The van der Waals surface area contributed by atoms with E-state index in [0.717, 1.165) is 10.4 Å². The predicted octanol–water partition coefficient (Wildman–Crippen LogP) is 4.92. The molecule has 0 aliphatic rings. The second-order valence-corrected chi connectivity index (χ2v) is 9.81. The van der Waals surface area contributed by atoms with Crippen LogP contribution in [0.1, 0.15) is 37.0 Å². The Bertz CT molecular complexity index is 1390. The van der Waals surface area contributed by atoms with E-state index in [1.807, 2.05) is 35.6 Å². The first-order chi connectivity index (χ1) is 18.2. The fraction of sp³-hybridized carbons (Fsp3) is 0.200. The molecule has 0 bridgehead atoms. The topological polar surface area (TPSA) is 98.1 Å². The van der Waals surface area contributed by atoms with Crippen LogP contribution in [0, 0.1) is 0 Å². The number of nitrogens with one attached hydrogen (secondary N) is 2. The zero-order chi connectivity index (χ0) is 27.1. The van der Waals surface area contributed by atoms with Crippen LogP contribution < -0.4 is 10.6 Å². The summed E-state index contributed by atoms with van der Waals surface area (Å²) >= 11 is 7.29. The molecule has 2 N–H and O–H groups in total. The van der Waals surface area contributed by atoms with Crippen molar-refractivity contribution in [3.63, 3.8) is 0 Å². The van der Waals surface area contributed by atoms with E-state index >= 15 is 0 Å². The molecule has 0 aliphatic carbocycles. The average Bonchev–Trinajstić information content (AvgIpc) is 3.52. The lowest BCUT2D eigenvalue weighted by atomic mass is 10.2. The van der Waals surface area contributed by atoms with Crippen molar-refractivity contribution in [2.45, 2.75) is 25.9 Å². The highest BCUT2D eigenvalue weighted by Gasteiger charge is 2.28. The van der Waals surface area contributed by atoms with E-state index < -0.39 is 24.5 Å². The van der Waals surface area contributed by atoms with Crippen LogP contribution in [0.15, 0.2) is 66.7 Å². The highest BCUT2D eigenvalue weighted by molar-refractivity contribution is 7.16. The molecule has 2 aromatic heterocycles. The van der Waals surface area contributed by atoms with Crippen LogP contribution in [0.3, 0.4) is 0 Å². The summed E-state index contributed by atoms with van der Waals surface area (Å²) < 4.78 is 45.1. The Kier molecular flexibility index (Phi) is 8.77. The minimum atomic E-state index is -4.52. The molecule has 0 saturated carbocycles. The zero-order valence-corrected chi connectivity index (χ0v) is 21.2. The molecule has 38 heavy (non-hydrogen) atoms. The Labute approximate surface area is 224 Å². The zero-order valence-electron chi connectivity index (χ0n) is 19.7. The van der Waals surface area contributed by atoms with Gasteiger partial charge in [0.05, 0.1) is 29.8 Å². The molecule has 8 nitrogen and oxygen atoms in total. The normalized spacial score (nSPS) is 11.4. The summed E-state index contributed by atoms with van der Waals surface area (Å²) in [6.07, 6.45) is -4.52. The van der Waals surface area contributed by atoms with E-state index in [9.17, 15) is 22.8 Å². The second-order valence-electron chi connectivity index (χ2n) is 8.01. The van der Waals surface area contributed by atoms with E-state index in [-0.39, 0.29) is 31.0 Å². The van der Waals surface area contributed by atoms with Crippen LogP contribution in [0.5, 0.6) is 0 Å². The molecule has 198 valence electrons. The van der Waals surface area contributed by atoms with Gasteiger partial charge in [-0.15, -0.1) is 16.4 Å². The number of benzene rings is 2. The quantitative estimate of drug-likeness (QED) is 0.285. The van der Waals surface area contributed by atoms with Gasteiger partial charge in [0.1, 0.15) is 12.2 Å². The van der Waals surface area contributed by atoms with Gasteiger partial charge in [0.25, 0.3) is 11.8 Å². The number of halogens is 4. The molecular formula is C25H21ClF3N5O3S. The average molecular weight is 564 g/mol. The Morgan fingerprint density at radius 2 is 1.68 bits per heavy atom. The number of nitrogens with zero attached hydrogens (tertiary/aromatic N) is 3. The van der Waals surface area contributed by atoms with Crippen LogP contribution in [0.4, 0.5) is 13.2 Å². The first-order valence-electron chi connectivity index (χ1n) is 11.2. The number of carbonyl (C=O) groups is 2. The Morgan fingerprint density at radius 3 is 2.34 bits per heavy atom. The van der Waals surface area contributed by atoms with Crippen LogP contribution in [0.2, 0.25) is 4.34 Å². The Morgan fingerprint density at radius 1 is 0.947 bits per heavy atom. The van der Waals surface area contributed by atoms with Gasteiger partial charge in [-0.05, 0) is 42.0 Å². The number of amides is 2. The van der Waals surface area contributed by atoms with Crippen molar-refractivity contribution in [2.75, 3.05) is 6.54 Å². The molecule has 2 amide bonds. The van der Waals surface area contributed by atoms with Gasteiger partial charge >= 0.3 is 6.18 Å². The molecule has 13 heteroatoms. The lowest BCUT2D eigenvalue weighted by Gasteiger charge is -2.11. The Balaban J connectivity index is 1.53. The summed E-state index contributed by atoms with van der Waals surface area (Å²) in [5.41, 5.74) is 1.81. The van der Waals surface area contributed by atoms with Gasteiger partial charge in [-0.3, -0.25) is 9.59 Å². The summed E-state index contributed by atoms with van der Waals surface area (Å²) in [4.78, 5) is 25.9. The van der Waals surface area contributed by atoms with Crippen molar-refractivity contribution in [2.24, 2.45) is 0 Å². The molecule has 0 spiro atoms. The number of rotatable bonds is 10. The molecule has 4 rings (SSSR count). The molecule has 0 unspecified atom stereocenters. The van der Waals surface area contributed by atoms with Crippen LogP contribution in [-0.2, 0) is 24.5 Å². The summed E-state index contributed by atoms with van der Waals surface area (Å²) in [5, 5.41) is 12.7. The largest absolute Gasteiger partial charge is 0.405 e. The van der Waals surface area contributed by atoms with Crippen LogP contribution in [0.25, 0.3) is 5.69 Å². The van der Waals surface area contributed by atoms with Gasteiger partial charge in [0, 0.05) is 10.4 Å². The van der Waals surface area contributed by atoms with E-state index in [2.05, 4.69) is 15.6 Å². The van der Waals surface area contributed by atoms with Gasteiger partial charge in [0.2, 0.25) is 0 Å². The number of hydrogen-bond donors (Lipinski definition) is 2.